The number of benzene rings is 2. The van der Waals surface area contributed by atoms with Crippen molar-refractivity contribution in [1.29, 1.82) is 0 Å². The molecule has 0 saturated heterocycles. The van der Waals surface area contributed by atoms with Crippen LogP contribution in [0, 0.1) is 0 Å². The van der Waals surface area contributed by atoms with E-state index in [2.05, 4.69) is 12.1 Å². The number of ether oxygens (including phenoxy) is 1. The smallest absolute Gasteiger partial charge is 0.303 e. The number of aliphatic carboxylic acids is 1. The third kappa shape index (κ3) is 4.43. The topological polar surface area (TPSA) is 46.5 Å². The van der Waals surface area contributed by atoms with Crippen LogP contribution < -0.4 is 4.74 Å². The molecular weight excluding hydrogens is 252 g/mol. The summed E-state index contributed by atoms with van der Waals surface area (Å²) in [6.07, 6.45) is 1.46. The van der Waals surface area contributed by atoms with Crippen LogP contribution in [-0.4, -0.2) is 17.7 Å². The van der Waals surface area contributed by atoms with Gasteiger partial charge in [0.1, 0.15) is 5.75 Å². The Morgan fingerprint density at radius 2 is 1.65 bits per heavy atom. The van der Waals surface area contributed by atoms with E-state index in [1.54, 1.807) is 0 Å². The van der Waals surface area contributed by atoms with Crippen LogP contribution in [0.1, 0.15) is 17.5 Å². The molecule has 2 rings (SSSR count). The number of carboxylic acid groups (broad SMARTS) is 1. The first-order valence-corrected chi connectivity index (χ1v) is 6.72. The fourth-order valence-electron chi connectivity index (χ4n) is 2.02. The molecule has 0 aliphatic heterocycles. The zero-order chi connectivity index (χ0) is 14.2. The van der Waals surface area contributed by atoms with Crippen molar-refractivity contribution in [3.63, 3.8) is 0 Å². The number of rotatable bonds is 7. The van der Waals surface area contributed by atoms with Crippen molar-refractivity contribution in [3.05, 3.63) is 65.7 Å². The Morgan fingerprint density at radius 1 is 0.950 bits per heavy atom. The molecule has 0 spiro atoms. The van der Waals surface area contributed by atoms with Crippen molar-refractivity contribution in [1.82, 2.24) is 0 Å². The molecule has 0 unspecified atom stereocenters. The molecule has 0 fully saturated rings. The first kappa shape index (κ1) is 14.1. The zero-order valence-electron chi connectivity index (χ0n) is 11.3. The maximum Gasteiger partial charge on any atom is 0.303 e. The fourth-order valence-corrected chi connectivity index (χ4v) is 2.02. The number of carbonyl (C=O) groups is 1. The van der Waals surface area contributed by atoms with Crippen molar-refractivity contribution in [2.24, 2.45) is 0 Å². The molecule has 0 saturated carbocycles. The molecule has 2 aromatic rings. The molecule has 0 aromatic heterocycles. The maximum atomic E-state index is 10.6. The van der Waals surface area contributed by atoms with Gasteiger partial charge < -0.3 is 9.84 Å². The standard InChI is InChI=1S/C17H18O3/c18-17(19)11-10-15-8-4-5-9-16(15)20-13-12-14-6-2-1-3-7-14/h1-9H,10-13H2,(H,18,19). The molecule has 0 amide bonds. The highest BCUT2D eigenvalue weighted by Gasteiger charge is 2.05. The lowest BCUT2D eigenvalue weighted by Gasteiger charge is -2.10. The van der Waals surface area contributed by atoms with Crippen LogP contribution in [0.15, 0.2) is 54.6 Å². The number of hydrogen-bond donors (Lipinski definition) is 1. The van der Waals surface area contributed by atoms with Gasteiger partial charge in [-0.1, -0.05) is 48.5 Å². The van der Waals surface area contributed by atoms with Crippen molar-refractivity contribution < 1.29 is 14.6 Å². The van der Waals surface area contributed by atoms with E-state index in [1.165, 1.54) is 5.56 Å². The van der Waals surface area contributed by atoms with Crippen LogP contribution in [0.2, 0.25) is 0 Å². The SMILES string of the molecule is O=C(O)CCc1ccccc1OCCc1ccccc1. The lowest BCUT2D eigenvalue weighted by atomic mass is 10.1. The third-order valence-corrected chi connectivity index (χ3v) is 3.07. The Kier molecular flexibility index (Phi) is 5.18. The first-order chi connectivity index (χ1) is 9.75. The van der Waals surface area contributed by atoms with Gasteiger partial charge in [0.2, 0.25) is 0 Å². The Balaban J connectivity index is 1.90. The Bertz CT molecular complexity index is 549. The molecule has 3 nitrogen and oxygen atoms in total. The lowest BCUT2D eigenvalue weighted by Crippen LogP contribution is -2.04. The average Bonchev–Trinajstić information content (AvgIpc) is 2.47. The van der Waals surface area contributed by atoms with Crippen LogP contribution in [-0.2, 0) is 17.6 Å². The van der Waals surface area contributed by atoms with Gasteiger partial charge >= 0.3 is 5.97 Å². The van der Waals surface area contributed by atoms with Gasteiger partial charge in [0, 0.05) is 12.8 Å². The van der Waals surface area contributed by atoms with Crippen molar-refractivity contribution in [2.75, 3.05) is 6.61 Å². The van der Waals surface area contributed by atoms with Gasteiger partial charge in [-0.05, 0) is 23.6 Å². The minimum absolute atomic E-state index is 0.124. The Morgan fingerprint density at radius 3 is 2.40 bits per heavy atom. The molecule has 1 N–H and O–H groups in total. The van der Waals surface area contributed by atoms with E-state index in [4.69, 9.17) is 9.84 Å². The van der Waals surface area contributed by atoms with Gasteiger partial charge in [0.05, 0.1) is 6.61 Å². The summed E-state index contributed by atoms with van der Waals surface area (Å²) in [6.45, 7) is 0.591. The van der Waals surface area contributed by atoms with Crippen LogP contribution >= 0.6 is 0 Å². The first-order valence-electron chi connectivity index (χ1n) is 6.72. The minimum Gasteiger partial charge on any atom is -0.493 e. The summed E-state index contributed by atoms with van der Waals surface area (Å²) in [7, 11) is 0. The van der Waals surface area contributed by atoms with Gasteiger partial charge in [-0.2, -0.15) is 0 Å². The molecule has 0 aliphatic rings. The third-order valence-electron chi connectivity index (χ3n) is 3.07. The van der Waals surface area contributed by atoms with E-state index >= 15 is 0 Å². The molecule has 20 heavy (non-hydrogen) atoms. The molecular formula is C17H18O3. The summed E-state index contributed by atoms with van der Waals surface area (Å²) < 4.78 is 5.78. The summed E-state index contributed by atoms with van der Waals surface area (Å²) in [5, 5.41) is 8.75. The highest BCUT2D eigenvalue weighted by molar-refractivity contribution is 5.67. The number of hydrogen-bond acceptors (Lipinski definition) is 2. The average molecular weight is 270 g/mol. The maximum absolute atomic E-state index is 10.6. The predicted octanol–water partition coefficient (Wildman–Crippen LogP) is 3.33. The van der Waals surface area contributed by atoms with E-state index < -0.39 is 5.97 Å². The molecule has 0 heterocycles. The van der Waals surface area contributed by atoms with E-state index in [-0.39, 0.29) is 6.42 Å². The summed E-state index contributed by atoms with van der Waals surface area (Å²) in [5.41, 5.74) is 2.18. The minimum atomic E-state index is -0.788. The van der Waals surface area contributed by atoms with Gasteiger partial charge in [-0.3, -0.25) is 4.79 Å². The number of carboxylic acids is 1. The molecule has 3 heteroatoms. The second-order valence-corrected chi connectivity index (χ2v) is 4.59. The largest absolute Gasteiger partial charge is 0.493 e. The van der Waals surface area contributed by atoms with Gasteiger partial charge in [-0.15, -0.1) is 0 Å². The quantitative estimate of drug-likeness (QED) is 0.839. The van der Waals surface area contributed by atoms with Crippen LogP contribution in [0.4, 0.5) is 0 Å². The summed E-state index contributed by atoms with van der Waals surface area (Å²) in [4.78, 5) is 10.6. The van der Waals surface area contributed by atoms with Crippen molar-refractivity contribution in [2.45, 2.75) is 19.3 Å². The van der Waals surface area contributed by atoms with Crippen LogP contribution in [0.25, 0.3) is 0 Å². The lowest BCUT2D eigenvalue weighted by molar-refractivity contribution is -0.136. The number of aryl methyl sites for hydroxylation is 1. The van der Waals surface area contributed by atoms with E-state index in [0.717, 1.165) is 17.7 Å². The summed E-state index contributed by atoms with van der Waals surface area (Å²) in [5.74, 6) is -0.00577. The van der Waals surface area contributed by atoms with Crippen LogP contribution in [0.3, 0.4) is 0 Å². The second-order valence-electron chi connectivity index (χ2n) is 4.59. The van der Waals surface area contributed by atoms with Crippen LogP contribution in [0.5, 0.6) is 5.75 Å². The molecule has 104 valence electrons. The zero-order valence-corrected chi connectivity index (χ0v) is 11.3. The highest BCUT2D eigenvalue weighted by atomic mass is 16.5. The molecule has 0 bridgehead atoms. The van der Waals surface area contributed by atoms with Gasteiger partial charge in [-0.25, -0.2) is 0 Å². The Labute approximate surface area is 118 Å². The predicted molar refractivity (Wildman–Crippen MR) is 78.0 cm³/mol. The molecule has 0 aliphatic carbocycles. The molecule has 0 atom stereocenters. The number of para-hydroxylation sites is 1. The van der Waals surface area contributed by atoms with Crippen molar-refractivity contribution in [3.8, 4) is 5.75 Å². The normalized spacial score (nSPS) is 10.2. The summed E-state index contributed by atoms with van der Waals surface area (Å²) >= 11 is 0. The van der Waals surface area contributed by atoms with E-state index in [0.29, 0.717) is 13.0 Å². The fraction of sp³-hybridized carbons (Fsp3) is 0.235. The van der Waals surface area contributed by atoms with Gasteiger partial charge in [0.15, 0.2) is 0 Å². The Hall–Kier alpha value is -2.29. The van der Waals surface area contributed by atoms with E-state index in [9.17, 15) is 4.79 Å². The second kappa shape index (κ2) is 7.34. The highest BCUT2D eigenvalue weighted by Crippen LogP contribution is 2.19. The monoisotopic (exact) mass is 270 g/mol. The van der Waals surface area contributed by atoms with Gasteiger partial charge in [0.25, 0.3) is 0 Å². The molecule has 0 radical (unpaired) electrons. The van der Waals surface area contributed by atoms with Crippen molar-refractivity contribution >= 4 is 5.97 Å². The molecule has 2 aromatic carbocycles. The van der Waals surface area contributed by atoms with E-state index in [1.807, 2.05) is 42.5 Å². The summed E-state index contributed by atoms with van der Waals surface area (Å²) in [6, 6.07) is 17.8.